The number of rotatable bonds is 4. The van der Waals surface area contributed by atoms with Crippen LogP contribution in [-0.2, 0) is 21.4 Å². The van der Waals surface area contributed by atoms with Crippen molar-refractivity contribution in [1.29, 1.82) is 0 Å². The van der Waals surface area contributed by atoms with Gasteiger partial charge in [0.1, 0.15) is 0 Å². The van der Waals surface area contributed by atoms with Gasteiger partial charge in [-0.05, 0) is 42.7 Å². The minimum absolute atomic E-state index is 0.0633. The van der Waals surface area contributed by atoms with Gasteiger partial charge in [0.15, 0.2) is 0 Å². The van der Waals surface area contributed by atoms with Crippen molar-refractivity contribution in [3.63, 3.8) is 0 Å². The number of aliphatic carboxylic acids is 1. The predicted octanol–water partition coefficient (Wildman–Crippen LogP) is 3.63. The van der Waals surface area contributed by atoms with Crippen molar-refractivity contribution < 1.29 is 14.7 Å². The highest BCUT2D eigenvalue weighted by molar-refractivity contribution is 5.78. The molecule has 1 aromatic carbocycles. The number of hydrogen-bond donors (Lipinski definition) is 1. The van der Waals surface area contributed by atoms with Crippen LogP contribution in [0.5, 0.6) is 0 Å². The Kier molecular flexibility index (Phi) is 5.68. The van der Waals surface area contributed by atoms with Crippen LogP contribution in [0.1, 0.15) is 58.1 Å². The molecule has 0 spiro atoms. The molecule has 1 fully saturated rings. The lowest BCUT2D eigenvalue weighted by molar-refractivity contribution is -0.147. The third-order valence-electron chi connectivity index (χ3n) is 5.00. The van der Waals surface area contributed by atoms with E-state index < -0.39 is 11.9 Å². The molecule has 1 heterocycles. The van der Waals surface area contributed by atoms with Crippen LogP contribution in [0.25, 0.3) is 0 Å². The molecule has 24 heavy (non-hydrogen) atoms. The topological polar surface area (TPSA) is 57.6 Å². The summed E-state index contributed by atoms with van der Waals surface area (Å²) in [6, 6.07) is 8.57. The zero-order valence-electron chi connectivity index (χ0n) is 15.2. The van der Waals surface area contributed by atoms with Gasteiger partial charge in [0, 0.05) is 19.0 Å². The van der Waals surface area contributed by atoms with E-state index in [1.165, 1.54) is 5.56 Å². The van der Waals surface area contributed by atoms with Crippen molar-refractivity contribution in [3.8, 4) is 0 Å². The summed E-state index contributed by atoms with van der Waals surface area (Å²) in [5.74, 6) is -1.15. The largest absolute Gasteiger partial charge is 0.481 e. The van der Waals surface area contributed by atoms with Gasteiger partial charge in [-0.15, -0.1) is 0 Å². The molecule has 0 aliphatic carbocycles. The fraction of sp³-hybridized carbons (Fsp3) is 0.600. The van der Waals surface area contributed by atoms with E-state index in [-0.39, 0.29) is 17.4 Å². The summed E-state index contributed by atoms with van der Waals surface area (Å²) in [5, 5.41) is 9.19. The van der Waals surface area contributed by atoms with Gasteiger partial charge >= 0.3 is 5.97 Å². The van der Waals surface area contributed by atoms with Crippen LogP contribution in [-0.4, -0.2) is 34.5 Å². The van der Waals surface area contributed by atoms with E-state index in [4.69, 9.17) is 0 Å². The number of amides is 1. The number of benzene rings is 1. The molecule has 4 nitrogen and oxygen atoms in total. The monoisotopic (exact) mass is 331 g/mol. The van der Waals surface area contributed by atoms with Crippen LogP contribution in [0.3, 0.4) is 0 Å². The number of nitrogens with zero attached hydrogens (tertiary/aromatic N) is 1. The van der Waals surface area contributed by atoms with Crippen molar-refractivity contribution >= 4 is 11.9 Å². The SMILES string of the molecule is CC1CCC(C(=O)O)CN1C(=O)CCc1ccc(C(C)(C)C)cc1. The maximum absolute atomic E-state index is 12.5. The lowest BCUT2D eigenvalue weighted by Crippen LogP contribution is -2.47. The van der Waals surface area contributed by atoms with E-state index in [2.05, 4.69) is 45.0 Å². The summed E-state index contributed by atoms with van der Waals surface area (Å²) in [7, 11) is 0. The summed E-state index contributed by atoms with van der Waals surface area (Å²) in [5.41, 5.74) is 2.56. The second-order valence-electron chi connectivity index (χ2n) is 7.95. The van der Waals surface area contributed by atoms with Crippen LogP contribution in [0.4, 0.5) is 0 Å². The fourth-order valence-corrected chi connectivity index (χ4v) is 3.22. The molecule has 0 saturated carbocycles. The van der Waals surface area contributed by atoms with Gasteiger partial charge < -0.3 is 10.0 Å². The number of hydrogen-bond acceptors (Lipinski definition) is 2. The number of carboxylic acids is 1. The van der Waals surface area contributed by atoms with Gasteiger partial charge in [-0.1, -0.05) is 45.0 Å². The smallest absolute Gasteiger partial charge is 0.308 e. The lowest BCUT2D eigenvalue weighted by Gasteiger charge is -2.36. The number of carbonyl (C=O) groups is 2. The molecular formula is C20H29NO3. The molecule has 4 heteroatoms. The lowest BCUT2D eigenvalue weighted by atomic mass is 9.86. The molecule has 1 N–H and O–H groups in total. The first kappa shape index (κ1) is 18.5. The van der Waals surface area contributed by atoms with E-state index >= 15 is 0 Å². The Bertz CT molecular complexity index is 586. The molecule has 1 aliphatic rings. The molecule has 1 amide bonds. The van der Waals surface area contributed by atoms with Crippen molar-refractivity contribution in [2.75, 3.05) is 6.54 Å². The van der Waals surface area contributed by atoms with E-state index in [0.29, 0.717) is 25.8 Å². The maximum Gasteiger partial charge on any atom is 0.308 e. The second-order valence-corrected chi connectivity index (χ2v) is 7.95. The quantitative estimate of drug-likeness (QED) is 0.916. The number of carbonyl (C=O) groups excluding carboxylic acids is 1. The summed E-state index contributed by atoms with van der Waals surface area (Å²) < 4.78 is 0. The summed E-state index contributed by atoms with van der Waals surface area (Å²) in [6.45, 7) is 8.90. The zero-order valence-corrected chi connectivity index (χ0v) is 15.2. The van der Waals surface area contributed by atoms with Gasteiger partial charge in [0.05, 0.1) is 5.92 Å². The normalized spacial score (nSPS) is 21.6. The maximum atomic E-state index is 12.5. The number of piperidine rings is 1. The Morgan fingerprint density at radius 3 is 2.33 bits per heavy atom. The van der Waals surface area contributed by atoms with Crippen LogP contribution >= 0.6 is 0 Å². The first-order valence-corrected chi connectivity index (χ1v) is 8.80. The Labute approximate surface area is 144 Å². The molecule has 0 aromatic heterocycles. The Balaban J connectivity index is 1.93. The highest BCUT2D eigenvalue weighted by atomic mass is 16.4. The van der Waals surface area contributed by atoms with Gasteiger partial charge in [0.25, 0.3) is 0 Å². The molecule has 0 radical (unpaired) electrons. The third kappa shape index (κ3) is 4.59. The van der Waals surface area contributed by atoms with Crippen molar-refractivity contribution in [2.45, 2.75) is 64.8 Å². The molecule has 1 aromatic rings. The van der Waals surface area contributed by atoms with Crippen molar-refractivity contribution in [1.82, 2.24) is 4.90 Å². The minimum Gasteiger partial charge on any atom is -0.481 e. The van der Waals surface area contributed by atoms with E-state index in [1.807, 2.05) is 6.92 Å². The van der Waals surface area contributed by atoms with Crippen LogP contribution in [0.2, 0.25) is 0 Å². The Morgan fingerprint density at radius 2 is 1.79 bits per heavy atom. The first-order chi connectivity index (χ1) is 11.2. The molecule has 1 saturated heterocycles. The number of likely N-dealkylation sites (tertiary alicyclic amines) is 1. The molecule has 2 atom stereocenters. The molecule has 132 valence electrons. The van der Waals surface area contributed by atoms with Gasteiger partial charge in [0.2, 0.25) is 5.91 Å². The molecule has 0 bridgehead atoms. The molecule has 1 aliphatic heterocycles. The van der Waals surface area contributed by atoms with Crippen LogP contribution in [0.15, 0.2) is 24.3 Å². The summed E-state index contributed by atoms with van der Waals surface area (Å²) in [6.07, 6.45) is 2.56. The van der Waals surface area contributed by atoms with Crippen LogP contribution in [0, 0.1) is 5.92 Å². The van der Waals surface area contributed by atoms with E-state index in [1.54, 1.807) is 4.90 Å². The van der Waals surface area contributed by atoms with Crippen LogP contribution < -0.4 is 0 Å². The highest BCUT2D eigenvalue weighted by Crippen LogP contribution is 2.24. The predicted molar refractivity (Wildman–Crippen MR) is 95.0 cm³/mol. The average Bonchev–Trinajstić information content (AvgIpc) is 2.52. The molecule has 2 unspecified atom stereocenters. The minimum atomic E-state index is -0.794. The highest BCUT2D eigenvalue weighted by Gasteiger charge is 2.32. The van der Waals surface area contributed by atoms with Crippen molar-refractivity contribution in [3.05, 3.63) is 35.4 Å². The Hall–Kier alpha value is -1.84. The first-order valence-electron chi connectivity index (χ1n) is 8.80. The van der Waals surface area contributed by atoms with Crippen molar-refractivity contribution in [2.24, 2.45) is 5.92 Å². The summed E-state index contributed by atoms with van der Waals surface area (Å²) >= 11 is 0. The summed E-state index contributed by atoms with van der Waals surface area (Å²) in [4.78, 5) is 25.4. The second kappa shape index (κ2) is 7.37. The zero-order chi connectivity index (χ0) is 17.9. The number of carboxylic acid groups (broad SMARTS) is 1. The average molecular weight is 331 g/mol. The van der Waals surface area contributed by atoms with E-state index in [0.717, 1.165) is 12.0 Å². The standard InChI is InChI=1S/C20H29NO3/c1-14-5-9-16(19(23)24)13-21(14)18(22)12-8-15-6-10-17(11-7-15)20(2,3)4/h6-7,10-11,14,16H,5,8-9,12-13H2,1-4H3,(H,23,24). The fourth-order valence-electron chi connectivity index (χ4n) is 3.22. The van der Waals surface area contributed by atoms with Gasteiger partial charge in [-0.25, -0.2) is 0 Å². The third-order valence-corrected chi connectivity index (χ3v) is 5.00. The molecule has 2 rings (SSSR count). The number of aryl methyl sites for hydroxylation is 1. The van der Waals surface area contributed by atoms with E-state index in [9.17, 15) is 14.7 Å². The van der Waals surface area contributed by atoms with Gasteiger partial charge in [-0.3, -0.25) is 9.59 Å². The van der Waals surface area contributed by atoms with Gasteiger partial charge in [-0.2, -0.15) is 0 Å². The molecular weight excluding hydrogens is 302 g/mol. The Morgan fingerprint density at radius 1 is 1.17 bits per heavy atom.